The van der Waals surface area contributed by atoms with Gasteiger partial charge in [-0.05, 0) is 27.2 Å². The van der Waals surface area contributed by atoms with E-state index < -0.39 is 11.7 Å². The zero-order chi connectivity index (χ0) is 16.3. The zero-order valence-corrected chi connectivity index (χ0v) is 14.0. The van der Waals surface area contributed by atoms with Gasteiger partial charge in [-0.1, -0.05) is 11.6 Å². The summed E-state index contributed by atoms with van der Waals surface area (Å²) in [6.45, 7) is 6.90. The number of halogens is 1. The molecule has 122 valence electrons. The third kappa shape index (κ3) is 4.62. The average molecular weight is 329 g/mol. The van der Waals surface area contributed by atoms with Crippen LogP contribution in [0, 0.1) is 0 Å². The number of nitrogens with zero attached hydrogens (tertiary/aromatic N) is 3. The molecule has 0 saturated carbocycles. The van der Waals surface area contributed by atoms with Crippen molar-refractivity contribution in [1.29, 1.82) is 0 Å². The minimum atomic E-state index is -0.504. The van der Waals surface area contributed by atoms with Crippen molar-refractivity contribution in [2.45, 2.75) is 38.8 Å². The molecular weight excluding hydrogens is 308 g/mol. The monoisotopic (exact) mass is 328 g/mol. The van der Waals surface area contributed by atoms with Gasteiger partial charge in [0.05, 0.1) is 13.2 Å². The van der Waals surface area contributed by atoms with E-state index in [2.05, 4.69) is 15.3 Å². The first kappa shape index (κ1) is 16.6. The van der Waals surface area contributed by atoms with Gasteiger partial charge in [-0.15, -0.1) is 0 Å². The van der Waals surface area contributed by atoms with Crippen molar-refractivity contribution in [2.75, 3.05) is 25.1 Å². The Balaban J connectivity index is 1.95. The Labute approximate surface area is 135 Å². The molecule has 0 aliphatic carbocycles. The predicted octanol–water partition coefficient (Wildman–Crippen LogP) is 2.24. The van der Waals surface area contributed by atoms with Gasteiger partial charge in [-0.3, -0.25) is 0 Å². The molecule has 0 bridgehead atoms. The summed E-state index contributed by atoms with van der Waals surface area (Å²) < 4.78 is 10.3. The summed E-state index contributed by atoms with van der Waals surface area (Å²) >= 11 is 5.95. The van der Waals surface area contributed by atoms with Crippen LogP contribution in [0.25, 0.3) is 0 Å². The molecule has 8 heteroatoms. The van der Waals surface area contributed by atoms with Crippen LogP contribution in [0.15, 0.2) is 6.07 Å². The summed E-state index contributed by atoms with van der Waals surface area (Å²) in [4.78, 5) is 22.0. The summed E-state index contributed by atoms with van der Waals surface area (Å²) in [6, 6.07) is 1.92. The van der Waals surface area contributed by atoms with Crippen molar-refractivity contribution in [3.63, 3.8) is 0 Å². The van der Waals surface area contributed by atoms with Gasteiger partial charge in [0.1, 0.15) is 16.6 Å². The topological polar surface area (TPSA) is 76.6 Å². The fourth-order valence-electron chi connectivity index (χ4n) is 2.20. The van der Waals surface area contributed by atoms with E-state index in [9.17, 15) is 4.79 Å². The zero-order valence-electron chi connectivity index (χ0n) is 13.2. The molecule has 0 radical (unpaired) electrons. The molecular formula is C14H21ClN4O3. The smallest absolute Gasteiger partial charge is 0.407 e. The molecule has 1 aliphatic rings. The quantitative estimate of drug-likeness (QED) is 0.857. The summed E-state index contributed by atoms with van der Waals surface area (Å²) in [6.07, 6.45) is 0.404. The fraction of sp³-hybridized carbons (Fsp3) is 0.643. The Hall–Kier alpha value is -1.76. The van der Waals surface area contributed by atoms with Crippen molar-refractivity contribution < 1.29 is 14.3 Å². The van der Waals surface area contributed by atoms with Crippen LogP contribution in [-0.2, 0) is 4.74 Å². The maximum Gasteiger partial charge on any atom is 0.407 e. The Morgan fingerprint density at radius 2 is 2.18 bits per heavy atom. The highest BCUT2D eigenvalue weighted by atomic mass is 35.5. The highest BCUT2D eigenvalue weighted by molar-refractivity contribution is 6.29. The van der Waals surface area contributed by atoms with Crippen LogP contribution in [0.1, 0.15) is 27.2 Å². The first-order chi connectivity index (χ1) is 10.3. The number of hydrogen-bond donors (Lipinski definition) is 1. The van der Waals surface area contributed by atoms with Crippen LogP contribution in [-0.4, -0.2) is 47.9 Å². The highest BCUT2D eigenvalue weighted by Gasteiger charge is 2.27. The Bertz CT molecular complexity index is 547. The number of methoxy groups -OCH3 is 1. The lowest BCUT2D eigenvalue weighted by Gasteiger charge is -2.22. The maximum atomic E-state index is 11.8. The lowest BCUT2D eigenvalue weighted by molar-refractivity contribution is 0.0509. The summed E-state index contributed by atoms with van der Waals surface area (Å²) in [5.74, 6) is 0.685. The molecule has 1 aromatic heterocycles. The number of ether oxygens (including phenoxy) is 2. The van der Waals surface area contributed by atoms with E-state index in [1.807, 2.05) is 25.7 Å². The third-order valence-electron chi connectivity index (χ3n) is 3.08. The molecule has 1 N–H and O–H groups in total. The van der Waals surface area contributed by atoms with Crippen LogP contribution in [0.2, 0.25) is 5.15 Å². The van der Waals surface area contributed by atoms with Crippen molar-refractivity contribution >= 4 is 23.5 Å². The van der Waals surface area contributed by atoms with Crippen molar-refractivity contribution in [3.8, 4) is 6.01 Å². The SMILES string of the molecule is COc1nc(Cl)cc(N2CCC(NC(=O)OC(C)(C)C)C2)n1. The number of aromatic nitrogens is 2. The summed E-state index contributed by atoms with van der Waals surface area (Å²) in [5, 5.41) is 3.19. The lowest BCUT2D eigenvalue weighted by Crippen LogP contribution is -2.40. The third-order valence-corrected chi connectivity index (χ3v) is 3.27. The second-order valence-electron chi connectivity index (χ2n) is 6.11. The summed E-state index contributed by atoms with van der Waals surface area (Å²) in [5.41, 5.74) is -0.504. The van der Waals surface area contributed by atoms with E-state index in [4.69, 9.17) is 21.1 Å². The van der Waals surface area contributed by atoms with Crippen molar-refractivity contribution in [1.82, 2.24) is 15.3 Å². The van der Waals surface area contributed by atoms with Crippen LogP contribution in [0.5, 0.6) is 6.01 Å². The second kappa shape index (κ2) is 6.56. The molecule has 1 aromatic rings. The number of carbonyl (C=O) groups is 1. The molecule has 2 rings (SSSR count). The molecule has 1 unspecified atom stereocenters. The van der Waals surface area contributed by atoms with Gasteiger partial charge in [0, 0.05) is 19.2 Å². The molecule has 22 heavy (non-hydrogen) atoms. The van der Waals surface area contributed by atoms with E-state index in [1.165, 1.54) is 7.11 Å². The first-order valence-electron chi connectivity index (χ1n) is 7.10. The minimum Gasteiger partial charge on any atom is -0.467 e. The summed E-state index contributed by atoms with van der Waals surface area (Å²) in [7, 11) is 1.49. The van der Waals surface area contributed by atoms with Gasteiger partial charge in [-0.25, -0.2) is 4.79 Å². The van der Waals surface area contributed by atoms with Crippen LogP contribution >= 0.6 is 11.6 Å². The number of rotatable bonds is 3. The van der Waals surface area contributed by atoms with Crippen LogP contribution in [0.4, 0.5) is 10.6 Å². The van der Waals surface area contributed by atoms with E-state index in [0.717, 1.165) is 13.0 Å². The fourth-order valence-corrected chi connectivity index (χ4v) is 2.37. The molecule has 0 aromatic carbocycles. The van der Waals surface area contributed by atoms with E-state index in [0.29, 0.717) is 17.5 Å². The number of carbonyl (C=O) groups excluding carboxylic acids is 1. The van der Waals surface area contributed by atoms with Crippen molar-refractivity contribution in [3.05, 3.63) is 11.2 Å². The molecule has 2 heterocycles. The number of alkyl carbamates (subject to hydrolysis) is 1. The van der Waals surface area contributed by atoms with Gasteiger partial charge >= 0.3 is 12.1 Å². The second-order valence-corrected chi connectivity index (χ2v) is 6.50. The predicted molar refractivity (Wildman–Crippen MR) is 83.6 cm³/mol. The van der Waals surface area contributed by atoms with Crippen LogP contribution < -0.4 is 15.0 Å². The van der Waals surface area contributed by atoms with Crippen molar-refractivity contribution in [2.24, 2.45) is 0 Å². The molecule has 1 fully saturated rings. The normalized spacial score (nSPS) is 18.2. The highest BCUT2D eigenvalue weighted by Crippen LogP contribution is 2.23. The average Bonchev–Trinajstić information content (AvgIpc) is 2.84. The van der Waals surface area contributed by atoms with Gasteiger partial charge < -0.3 is 19.7 Å². The number of hydrogen-bond acceptors (Lipinski definition) is 6. The molecule has 1 aliphatic heterocycles. The largest absolute Gasteiger partial charge is 0.467 e. The first-order valence-corrected chi connectivity index (χ1v) is 7.47. The maximum absolute atomic E-state index is 11.8. The van der Waals surface area contributed by atoms with E-state index in [-0.39, 0.29) is 12.1 Å². The molecule has 1 atom stereocenters. The standard InChI is InChI=1S/C14H21ClN4O3/c1-14(2,3)22-13(20)16-9-5-6-19(8-9)11-7-10(15)17-12(18-11)21-4/h7,9H,5-6,8H2,1-4H3,(H,16,20). The van der Waals surface area contributed by atoms with Gasteiger partial charge in [0.2, 0.25) is 0 Å². The van der Waals surface area contributed by atoms with Gasteiger partial charge in [-0.2, -0.15) is 9.97 Å². The van der Waals surface area contributed by atoms with E-state index in [1.54, 1.807) is 6.07 Å². The Morgan fingerprint density at radius 3 is 2.82 bits per heavy atom. The van der Waals surface area contributed by atoms with Gasteiger partial charge in [0.25, 0.3) is 0 Å². The Morgan fingerprint density at radius 1 is 1.45 bits per heavy atom. The number of nitrogens with one attached hydrogen (secondary N) is 1. The minimum absolute atomic E-state index is 0.00888. The Kier molecular flexibility index (Phi) is 4.95. The number of anilines is 1. The lowest BCUT2D eigenvalue weighted by atomic mass is 10.2. The molecule has 7 nitrogen and oxygen atoms in total. The van der Waals surface area contributed by atoms with E-state index >= 15 is 0 Å². The van der Waals surface area contributed by atoms with Gasteiger partial charge in [0.15, 0.2) is 0 Å². The molecule has 1 saturated heterocycles. The molecule has 1 amide bonds. The van der Waals surface area contributed by atoms with Crippen LogP contribution in [0.3, 0.4) is 0 Å². The number of amides is 1. The molecule has 0 spiro atoms.